The smallest absolute Gasteiger partial charge is 0.269 e. The van der Waals surface area contributed by atoms with E-state index in [1.165, 1.54) is 12.1 Å². The van der Waals surface area contributed by atoms with Crippen LogP contribution in [0.2, 0.25) is 0 Å². The molecule has 0 spiro atoms. The zero-order valence-corrected chi connectivity index (χ0v) is 12.8. The highest BCUT2D eigenvalue weighted by molar-refractivity contribution is 6.02. The number of ether oxygens (including phenoxy) is 2. The van der Waals surface area contributed by atoms with Gasteiger partial charge in [-0.2, -0.15) is 0 Å². The van der Waals surface area contributed by atoms with E-state index in [4.69, 9.17) is 21.2 Å². The van der Waals surface area contributed by atoms with E-state index in [1.54, 1.807) is 0 Å². The highest BCUT2D eigenvalue weighted by Gasteiger charge is 2.20. The maximum Gasteiger partial charge on any atom is 0.269 e. The number of benzene rings is 1. The predicted octanol–water partition coefficient (Wildman–Crippen LogP) is 0.471. The van der Waals surface area contributed by atoms with Crippen molar-refractivity contribution in [2.45, 2.75) is 26.7 Å². The van der Waals surface area contributed by atoms with Gasteiger partial charge in [0.15, 0.2) is 0 Å². The van der Waals surface area contributed by atoms with Crippen molar-refractivity contribution in [1.82, 2.24) is 10.9 Å². The molecule has 0 unspecified atom stereocenters. The van der Waals surface area contributed by atoms with E-state index in [1.807, 2.05) is 24.7 Å². The molecule has 0 atom stereocenters. The molecule has 0 aliphatic heterocycles. The highest BCUT2D eigenvalue weighted by atomic mass is 16.5. The number of carbonyl (C=O) groups is 2. The van der Waals surface area contributed by atoms with Crippen LogP contribution >= 0.6 is 0 Å². The Morgan fingerprint density at radius 1 is 0.909 bits per heavy atom. The lowest BCUT2D eigenvalue weighted by Gasteiger charge is -2.16. The normalized spacial score (nSPS) is 10.0. The van der Waals surface area contributed by atoms with Crippen molar-refractivity contribution in [3.05, 3.63) is 23.3 Å². The van der Waals surface area contributed by atoms with Crippen molar-refractivity contribution in [3.8, 4) is 11.5 Å². The fourth-order valence-corrected chi connectivity index (χ4v) is 1.73. The molecule has 0 aliphatic carbocycles. The third-order valence-electron chi connectivity index (χ3n) is 2.76. The van der Waals surface area contributed by atoms with Crippen LogP contribution < -0.4 is 32.0 Å². The molecule has 0 aromatic heterocycles. The van der Waals surface area contributed by atoms with E-state index in [9.17, 15) is 9.59 Å². The van der Waals surface area contributed by atoms with E-state index in [0.29, 0.717) is 13.2 Å². The van der Waals surface area contributed by atoms with Gasteiger partial charge in [-0.15, -0.1) is 0 Å². The minimum atomic E-state index is -0.535. The lowest BCUT2D eigenvalue weighted by Crippen LogP contribution is -2.32. The first-order valence-corrected chi connectivity index (χ1v) is 7.04. The maximum absolute atomic E-state index is 11.9. The summed E-state index contributed by atoms with van der Waals surface area (Å²) in [5, 5.41) is 0. The summed E-state index contributed by atoms with van der Waals surface area (Å²) in [6.45, 7) is 4.64. The quantitative estimate of drug-likeness (QED) is 0.314. The van der Waals surface area contributed by atoms with Crippen molar-refractivity contribution >= 4 is 11.8 Å². The van der Waals surface area contributed by atoms with Crippen molar-refractivity contribution < 1.29 is 19.1 Å². The molecule has 0 bridgehead atoms. The molecule has 0 radical (unpaired) electrons. The Hall–Kier alpha value is -2.32. The third kappa shape index (κ3) is 4.34. The first-order chi connectivity index (χ1) is 10.6. The highest BCUT2D eigenvalue weighted by Crippen LogP contribution is 2.29. The zero-order chi connectivity index (χ0) is 16.5. The number of rotatable bonds is 8. The van der Waals surface area contributed by atoms with Crippen LogP contribution in [0.5, 0.6) is 11.5 Å². The number of amides is 2. The van der Waals surface area contributed by atoms with E-state index in [-0.39, 0.29) is 22.6 Å². The van der Waals surface area contributed by atoms with Gasteiger partial charge in [-0.05, 0) is 25.0 Å². The van der Waals surface area contributed by atoms with Gasteiger partial charge in [0.2, 0.25) is 0 Å². The summed E-state index contributed by atoms with van der Waals surface area (Å²) in [7, 11) is 0. The average molecular weight is 310 g/mol. The number of hydrogen-bond donors (Lipinski definition) is 4. The molecule has 1 aromatic carbocycles. The van der Waals surface area contributed by atoms with Crippen LogP contribution in [0.1, 0.15) is 47.4 Å². The average Bonchev–Trinajstić information content (AvgIpc) is 2.56. The fraction of sp³-hybridized carbons (Fsp3) is 0.429. The topological polar surface area (TPSA) is 129 Å². The van der Waals surface area contributed by atoms with E-state index >= 15 is 0 Å². The number of carbonyl (C=O) groups excluding carboxylic acids is 2. The van der Waals surface area contributed by atoms with Gasteiger partial charge in [0, 0.05) is 0 Å². The Labute approximate surface area is 129 Å². The molecule has 8 heteroatoms. The number of hydrazine groups is 2. The van der Waals surface area contributed by atoms with Crippen LogP contribution in [-0.4, -0.2) is 25.0 Å². The van der Waals surface area contributed by atoms with Crippen LogP contribution in [-0.2, 0) is 0 Å². The number of nitrogen functional groups attached to an aromatic ring is 2. The second-order valence-corrected chi connectivity index (χ2v) is 4.49. The number of nitrogens with two attached hydrogens (primary N) is 2. The van der Waals surface area contributed by atoms with Crippen LogP contribution in [0.15, 0.2) is 12.1 Å². The van der Waals surface area contributed by atoms with Gasteiger partial charge in [0.1, 0.15) is 11.5 Å². The van der Waals surface area contributed by atoms with Gasteiger partial charge in [-0.1, -0.05) is 13.8 Å². The minimum absolute atomic E-state index is 0.190. The van der Waals surface area contributed by atoms with Crippen LogP contribution in [0.3, 0.4) is 0 Å². The number of hydrogen-bond acceptors (Lipinski definition) is 6. The summed E-state index contributed by atoms with van der Waals surface area (Å²) >= 11 is 0. The molecule has 2 amide bonds. The Balaban J connectivity index is 3.34. The number of nitrogens with one attached hydrogen (secondary N) is 2. The first kappa shape index (κ1) is 17.7. The second kappa shape index (κ2) is 8.85. The molecular formula is C14H22N4O4. The molecule has 8 nitrogen and oxygen atoms in total. The maximum atomic E-state index is 11.9. The van der Waals surface area contributed by atoms with Crippen LogP contribution in [0.25, 0.3) is 0 Å². The monoisotopic (exact) mass is 310 g/mol. The van der Waals surface area contributed by atoms with Crippen LogP contribution in [0.4, 0.5) is 0 Å². The molecule has 22 heavy (non-hydrogen) atoms. The van der Waals surface area contributed by atoms with Crippen molar-refractivity contribution in [2.24, 2.45) is 11.7 Å². The van der Waals surface area contributed by atoms with Gasteiger partial charge in [-0.3, -0.25) is 20.4 Å². The summed E-state index contributed by atoms with van der Waals surface area (Å²) in [4.78, 5) is 23.8. The zero-order valence-electron chi connectivity index (χ0n) is 12.8. The van der Waals surface area contributed by atoms with Crippen molar-refractivity contribution in [3.63, 3.8) is 0 Å². The molecule has 0 aliphatic rings. The lowest BCUT2D eigenvalue weighted by atomic mass is 10.1. The Bertz CT molecular complexity index is 486. The summed E-state index contributed by atoms with van der Waals surface area (Å²) in [5.74, 6) is 9.78. The molecule has 6 N–H and O–H groups in total. The summed E-state index contributed by atoms with van der Waals surface area (Å²) in [6, 6.07) is 2.85. The predicted molar refractivity (Wildman–Crippen MR) is 81.3 cm³/mol. The van der Waals surface area contributed by atoms with E-state index in [0.717, 1.165) is 12.8 Å². The molecule has 122 valence electrons. The van der Waals surface area contributed by atoms with Crippen molar-refractivity contribution in [1.29, 1.82) is 0 Å². The standard InChI is InChI=1S/C14H22N4O4/c1-3-5-21-11-7-10(14(20)18-16)12(22-6-4-2)8-9(11)13(19)17-15/h7-8H,3-6,15-16H2,1-2H3,(H,17,19)(H,18,20). The van der Waals surface area contributed by atoms with Gasteiger partial charge in [-0.25, -0.2) is 11.7 Å². The second-order valence-electron chi connectivity index (χ2n) is 4.49. The van der Waals surface area contributed by atoms with Crippen molar-refractivity contribution in [2.75, 3.05) is 13.2 Å². The molecule has 1 rings (SSSR count). The summed E-state index contributed by atoms with van der Waals surface area (Å²) in [6.07, 6.45) is 1.49. The molecule has 0 heterocycles. The van der Waals surface area contributed by atoms with E-state index < -0.39 is 11.8 Å². The Morgan fingerprint density at radius 2 is 1.27 bits per heavy atom. The SMILES string of the molecule is CCCOc1cc(C(=O)NN)c(OCCC)cc1C(=O)NN. The molecular weight excluding hydrogens is 288 g/mol. The van der Waals surface area contributed by atoms with Gasteiger partial charge < -0.3 is 9.47 Å². The van der Waals surface area contributed by atoms with Gasteiger partial charge in [0.25, 0.3) is 11.8 Å². The molecule has 1 aromatic rings. The molecule has 0 fully saturated rings. The molecule has 0 saturated heterocycles. The van der Waals surface area contributed by atoms with Gasteiger partial charge in [0.05, 0.1) is 24.3 Å². The van der Waals surface area contributed by atoms with E-state index in [2.05, 4.69) is 0 Å². The summed E-state index contributed by atoms with van der Waals surface area (Å²) < 4.78 is 11.0. The Morgan fingerprint density at radius 3 is 1.55 bits per heavy atom. The first-order valence-electron chi connectivity index (χ1n) is 7.04. The minimum Gasteiger partial charge on any atom is -0.493 e. The fourth-order valence-electron chi connectivity index (χ4n) is 1.73. The Kier molecular flexibility index (Phi) is 7.14. The largest absolute Gasteiger partial charge is 0.493 e. The third-order valence-corrected chi connectivity index (χ3v) is 2.76. The van der Waals surface area contributed by atoms with Crippen LogP contribution in [0, 0.1) is 0 Å². The lowest BCUT2D eigenvalue weighted by molar-refractivity contribution is 0.0934. The summed E-state index contributed by atoms with van der Waals surface area (Å²) in [5.41, 5.74) is 4.47. The van der Waals surface area contributed by atoms with Gasteiger partial charge >= 0.3 is 0 Å². The molecule has 0 saturated carbocycles.